The molecule has 14 heavy (non-hydrogen) atoms. The lowest BCUT2D eigenvalue weighted by Crippen LogP contribution is -2.31. The summed E-state index contributed by atoms with van der Waals surface area (Å²) in [6.07, 6.45) is 3.19. The average molecular weight is 197 g/mol. The summed E-state index contributed by atoms with van der Waals surface area (Å²) in [6.45, 7) is 3.05. The van der Waals surface area contributed by atoms with Crippen LogP contribution in [0.5, 0.6) is 0 Å². The van der Waals surface area contributed by atoms with E-state index in [9.17, 15) is 0 Å². The van der Waals surface area contributed by atoms with E-state index in [0.29, 0.717) is 11.7 Å². The van der Waals surface area contributed by atoms with Crippen molar-refractivity contribution in [2.75, 3.05) is 6.61 Å². The second-order valence-corrected chi connectivity index (χ2v) is 3.75. The molecule has 1 aromatic heterocycles. The monoisotopic (exact) mass is 197 g/mol. The zero-order valence-electron chi connectivity index (χ0n) is 8.32. The summed E-state index contributed by atoms with van der Waals surface area (Å²) in [4.78, 5) is 4.20. The molecular weight excluding hydrogens is 182 g/mol. The Morgan fingerprint density at radius 1 is 1.50 bits per heavy atom. The quantitative estimate of drug-likeness (QED) is 0.763. The van der Waals surface area contributed by atoms with Gasteiger partial charge in [-0.1, -0.05) is 5.16 Å². The zero-order valence-corrected chi connectivity index (χ0v) is 8.32. The number of hydrogen-bond acceptors (Lipinski definition) is 5. The molecule has 0 bridgehead atoms. The van der Waals surface area contributed by atoms with Crippen molar-refractivity contribution in [1.29, 1.82) is 0 Å². The molecule has 78 valence electrons. The molecule has 5 nitrogen and oxygen atoms in total. The first-order chi connectivity index (χ1) is 6.74. The Labute approximate surface area is 82.6 Å². The number of aromatic nitrogens is 2. The van der Waals surface area contributed by atoms with Gasteiger partial charge in [0.25, 0.3) is 0 Å². The van der Waals surface area contributed by atoms with E-state index in [-0.39, 0.29) is 12.1 Å². The van der Waals surface area contributed by atoms with Crippen LogP contribution >= 0.6 is 0 Å². The van der Waals surface area contributed by atoms with E-state index in [1.807, 2.05) is 6.92 Å². The van der Waals surface area contributed by atoms with Crippen molar-refractivity contribution in [1.82, 2.24) is 10.1 Å². The maximum Gasteiger partial charge on any atom is 0.240 e. The Morgan fingerprint density at radius 2 is 2.36 bits per heavy atom. The molecule has 5 heteroatoms. The molecule has 2 heterocycles. The van der Waals surface area contributed by atoms with E-state index in [0.717, 1.165) is 25.9 Å². The number of rotatable bonds is 2. The minimum absolute atomic E-state index is 0.281. The first-order valence-electron chi connectivity index (χ1n) is 4.92. The molecule has 0 saturated carbocycles. The summed E-state index contributed by atoms with van der Waals surface area (Å²) >= 11 is 0. The molecule has 0 aromatic carbocycles. The second kappa shape index (κ2) is 3.67. The predicted octanol–water partition coefficient (Wildman–Crippen LogP) is 0.944. The molecule has 0 amide bonds. The van der Waals surface area contributed by atoms with Crippen LogP contribution < -0.4 is 5.73 Å². The molecule has 0 radical (unpaired) electrons. The number of nitrogens with two attached hydrogens (primary N) is 1. The average Bonchev–Trinajstić information content (AvgIpc) is 2.67. The van der Waals surface area contributed by atoms with Gasteiger partial charge in [0.05, 0.1) is 6.54 Å². The van der Waals surface area contributed by atoms with Crippen LogP contribution in [0.4, 0.5) is 0 Å². The Hall–Kier alpha value is -0.940. The smallest absolute Gasteiger partial charge is 0.240 e. The third kappa shape index (κ3) is 1.65. The van der Waals surface area contributed by atoms with E-state index in [1.54, 1.807) is 0 Å². The van der Waals surface area contributed by atoms with E-state index >= 15 is 0 Å². The van der Waals surface area contributed by atoms with Crippen LogP contribution in [0.25, 0.3) is 0 Å². The van der Waals surface area contributed by atoms with Gasteiger partial charge >= 0.3 is 0 Å². The molecule has 1 unspecified atom stereocenters. The van der Waals surface area contributed by atoms with E-state index in [4.69, 9.17) is 15.0 Å². The fourth-order valence-corrected chi connectivity index (χ4v) is 1.66. The highest BCUT2D eigenvalue weighted by Gasteiger charge is 2.34. The standard InChI is InChI=1S/C9H15N3O2/c1-9(4-2-3-5-13-9)8-11-7(6-10)14-12-8/h2-6,10H2,1H3. The van der Waals surface area contributed by atoms with Gasteiger partial charge in [0.15, 0.2) is 0 Å². The van der Waals surface area contributed by atoms with Gasteiger partial charge in [-0.15, -0.1) is 0 Å². The topological polar surface area (TPSA) is 74.2 Å². The van der Waals surface area contributed by atoms with Crippen LogP contribution in [0.1, 0.15) is 37.9 Å². The summed E-state index contributed by atoms with van der Waals surface area (Å²) in [6, 6.07) is 0. The van der Waals surface area contributed by atoms with Gasteiger partial charge in [0.2, 0.25) is 11.7 Å². The van der Waals surface area contributed by atoms with Crippen molar-refractivity contribution in [2.45, 2.75) is 38.3 Å². The highest BCUT2D eigenvalue weighted by Crippen LogP contribution is 2.32. The lowest BCUT2D eigenvalue weighted by Gasteiger charge is -2.30. The van der Waals surface area contributed by atoms with Crippen LogP contribution in [0.2, 0.25) is 0 Å². The third-order valence-electron chi connectivity index (χ3n) is 2.58. The van der Waals surface area contributed by atoms with E-state index in [2.05, 4.69) is 10.1 Å². The normalized spacial score (nSPS) is 27.9. The highest BCUT2D eigenvalue weighted by molar-refractivity contribution is 5.00. The molecule has 2 N–H and O–H groups in total. The lowest BCUT2D eigenvalue weighted by atomic mass is 9.95. The molecule has 0 aliphatic carbocycles. The fraction of sp³-hybridized carbons (Fsp3) is 0.778. The van der Waals surface area contributed by atoms with Crippen molar-refractivity contribution in [3.8, 4) is 0 Å². The fourth-order valence-electron chi connectivity index (χ4n) is 1.66. The molecule has 1 saturated heterocycles. The molecule has 1 aromatic rings. The maximum atomic E-state index is 5.68. The van der Waals surface area contributed by atoms with E-state index in [1.165, 1.54) is 0 Å². The van der Waals surface area contributed by atoms with Crippen LogP contribution in [0.15, 0.2) is 4.52 Å². The van der Waals surface area contributed by atoms with Crippen LogP contribution in [-0.2, 0) is 16.9 Å². The van der Waals surface area contributed by atoms with Crippen molar-refractivity contribution >= 4 is 0 Å². The molecule has 1 aliphatic heterocycles. The first kappa shape index (κ1) is 9.61. The van der Waals surface area contributed by atoms with Gasteiger partial charge in [0.1, 0.15) is 5.60 Å². The number of nitrogens with zero attached hydrogens (tertiary/aromatic N) is 2. The largest absolute Gasteiger partial charge is 0.367 e. The van der Waals surface area contributed by atoms with Gasteiger partial charge < -0.3 is 15.0 Å². The molecule has 1 aliphatic rings. The minimum Gasteiger partial charge on any atom is -0.367 e. The van der Waals surface area contributed by atoms with Crippen LogP contribution in [0, 0.1) is 0 Å². The lowest BCUT2D eigenvalue weighted by molar-refractivity contribution is -0.0770. The molecule has 1 atom stereocenters. The molecular formula is C9H15N3O2. The minimum atomic E-state index is -0.380. The summed E-state index contributed by atoms with van der Waals surface area (Å²) in [5.41, 5.74) is 5.02. The maximum absolute atomic E-state index is 5.68. The Balaban J connectivity index is 2.19. The SMILES string of the molecule is CC1(c2noc(CN)n2)CCCCO1. The van der Waals surface area contributed by atoms with Gasteiger partial charge in [-0.2, -0.15) is 4.98 Å². The summed E-state index contributed by atoms with van der Waals surface area (Å²) < 4.78 is 10.6. The summed E-state index contributed by atoms with van der Waals surface area (Å²) in [5.74, 6) is 1.09. The second-order valence-electron chi connectivity index (χ2n) is 3.75. The van der Waals surface area contributed by atoms with Gasteiger partial charge in [-0.3, -0.25) is 0 Å². The Bertz CT molecular complexity index is 305. The number of ether oxygens (including phenoxy) is 1. The van der Waals surface area contributed by atoms with Crippen LogP contribution in [0.3, 0.4) is 0 Å². The zero-order chi connectivity index (χ0) is 10.0. The molecule has 0 spiro atoms. The van der Waals surface area contributed by atoms with Crippen molar-refractivity contribution < 1.29 is 9.26 Å². The molecule has 2 rings (SSSR count). The van der Waals surface area contributed by atoms with Gasteiger partial charge in [-0.25, -0.2) is 0 Å². The number of hydrogen-bond donors (Lipinski definition) is 1. The van der Waals surface area contributed by atoms with Crippen LogP contribution in [-0.4, -0.2) is 16.7 Å². The van der Waals surface area contributed by atoms with Crippen molar-refractivity contribution in [2.24, 2.45) is 5.73 Å². The first-order valence-corrected chi connectivity index (χ1v) is 4.92. The van der Waals surface area contributed by atoms with Crippen molar-refractivity contribution in [3.63, 3.8) is 0 Å². The van der Waals surface area contributed by atoms with Gasteiger partial charge in [0, 0.05) is 6.61 Å². The van der Waals surface area contributed by atoms with Crippen molar-refractivity contribution in [3.05, 3.63) is 11.7 Å². The summed E-state index contributed by atoms with van der Waals surface area (Å²) in [7, 11) is 0. The van der Waals surface area contributed by atoms with E-state index < -0.39 is 0 Å². The Morgan fingerprint density at radius 3 is 2.93 bits per heavy atom. The Kier molecular flexibility index (Phi) is 2.52. The predicted molar refractivity (Wildman–Crippen MR) is 49.3 cm³/mol. The molecule has 1 fully saturated rings. The summed E-state index contributed by atoms with van der Waals surface area (Å²) in [5, 5.41) is 3.89. The highest BCUT2D eigenvalue weighted by atomic mass is 16.5. The van der Waals surface area contributed by atoms with Gasteiger partial charge in [-0.05, 0) is 26.2 Å². The third-order valence-corrected chi connectivity index (χ3v) is 2.58.